The van der Waals surface area contributed by atoms with Crippen LogP contribution < -0.4 is 20.7 Å². The molecule has 8 nitrogen and oxygen atoms in total. The van der Waals surface area contributed by atoms with E-state index in [2.05, 4.69) is 32.3 Å². The van der Waals surface area contributed by atoms with Crippen LogP contribution in [-0.4, -0.2) is 54.9 Å². The molecule has 0 radical (unpaired) electrons. The summed E-state index contributed by atoms with van der Waals surface area (Å²) in [6, 6.07) is 7.04. The zero-order chi connectivity index (χ0) is 22.2. The van der Waals surface area contributed by atoms with Gasteiger partial charge >= 0.3 is 6.03 Å². The summed E-state index contributed by atoms with van der Waals surface area (Å²) < 4.78 is 10.1. The van der Waals surface area contributed by atoms with Crippen molar-refractivity contribution in [2.75, 3.05) is 39.0 Å². The minimum atomic E-state index is -0.218. The molecule has 1 aromatic carbocycles. The van der Waals surface area contributed by atoms with E-state index in [-0.39, 0.29) is 18.5 Å². The highest BCUT2D eigenvalue weighted by Gasteiger charge is 2.17. The fraction of sp³-hybridized carbons (Fsp3) is 0.500. The number of ether oxygens (including phenoxy) is 1. The molecule has 0 unspecified atom stereocenters. The van der Waals surface area contributed by atoms with Gasteiger partial charge in [0, 0.05) is 24.7 Å². The van der Waals surface area contributed by atoms with Gasteiger partial charge in [0.05, 0.1) is 0 Å². The van der Waals surface area contributed by atoms with Gasteiger partial charge < -0.3 is 20.3 Å². The van der Waals surface area contributed by atoms with Crippen LogP contribution in [0.4, 0.5) is 9.80 Å². The van der Waals surface area contributed by atoms with Crippen molar-refractivity contribution >= 4 is 28.5 Å². The van der Waals surface area contributed by atoms with Crippen molar-refractivity contribution in [3.63, 3.8) is 0 Å². The predicted octanol–water partition coefficient (Wildman–Crippen LogP) is 3.24. The molecule has 0 spiro atoms. The Balaban J connectivity index is 1.45. The van der Waals surface area contributed by atoms with Gasteiger partial charge in [0.1, 0.15) is 11.6 Å². The highest BCUT2D eigenvalue weighted by molar-refractivity contribution is 7.10. The van der Waals surface area contributed by atoms with E-state index in [0.29, 0.717) is 28.9 Å². The van der Waals surface area contributed by atoms with Gasteiger partial charge in [-0.1, -0.05) is 12.1 Å². The number of aromatic nitrogens is 1. The van der Waals surface area contributed by atoms with E-state index in [4.69, 9.17) is 4.74 Å². The lowest BCUT2D eigenvalue weighted by Gasteiger charge is -2.28. The fourth-order valence-corrected chi connectivity index (χ4v) is 4.28. The van der Waals surface area contributed by atoms with E-state index in [1.165, 1.54) is 24.4 Å². The zero-order valence-corrected chi connectivity index (χ0v) is 19.2. The molecular weight excluding hydrogens is 414 g/mol. The summed E-state index contributed by atoms with van der Waals surface area (Å²) in [5.41, 5.74) is 2.24. The van der Waals surface area contributed by atoms with Crippen LogP contribution in [0.1, 0.15) is 40.7 Å². The number of nitrogens with one attached hydrogen (secondary N) is 3. The molecule has 0 bridgehead atoms. The first kappa shape index (κ1) is 23.0. The third-order valence-electron chi connectivity index (χ3n) is 5.58. The molecule has 9 heteroatoms. The van der Waals surface area contributed by atoms with E-state index in [1.54, 1.807) is 19.2 Å². The highest BCUT2D eigenvalue weighted by Crippen LogP contribution is 2.30. The van der Waals surface area contributed by atoms with E-state index < -0.39 is 0 Å². The van der Waals surface area contributed by atoms with Gasteiger partial charge in [-0.3, -0.25) is 10.1 Å². The van der Waals surface area contributed by atoms with Gasteiger partial charge in [-0.05, 0) is 81.5 Å². The van der Waals surface area contributed by atoms with Gasteiger partial charge in [-0.25, -0.2) is 4.79 Å². The standard InChI is InChI=1S/C22H31N5O3S/c1-15-20(30-14-17-5-4-6-18(13-17)19(28)23-2)26-31-21(15)25-22(29)24-10-7-16-8-11-27(3)12-9-16/h4-6,13,16H,7-12,14H2,1-3H3,(H,23,28)(H2,24,25,29). The van der Waals surface area contributed by atoms with Crippen LogP contribution in [0.15, 0.2) is 24.3 Å². The molecule has 168 valence electrons. The fourth-order valence-electron chi connectivity index (χ4n) is 3.56. The van der Waals surface area contributed by atoms with Crippen molar-refractivity contribution in [1.82, 2.24) is 19.9 Å². The first-order valence-corrected chi connectivity index (χ1v) is 11.4. The first-order chi connectivity index (χ1) is 15.0. The minimum Gasteiger partial charge on any atom is -0.472 e. The average molecular weight is 446 g/mol. The molecule has 1 aromatic heterocycles. The predicted molar refractivity (Wildman–Crippen MR) is 123 cm³/mol. The van der Waals surface area contributed by atoms with Crippen LogP contribution in [-0.2, 0) is 6.61 Å². The molecule has 31 heavy (non-hydrogen) atoms. The number of piperidine rings is 1. The molecule has 1 saturated heterocycles. The van der Waals surface area contributed by atoms with Crippen LogP contribution >= 0.6 is 11.5 Å². The average Bonchev–Trinajstić information content (AvgIpc) is 3.12. The lowest BCUT2D eigenvalue weighted by atomic mass is 9.94. The quantitative estimate of drug-likeness (QED) is 0.580. The van der Waals surface area contributed by atoms with Crippen molar-refractivity contribution in [2.45, 2.75) is 32.8 Å². The number of rotatable bonds is 8. The molecule has 2 heterocycles. The molecule has 0 aliphatic carbocycles. The van der Waals surface area contributed by atoms with Crippen LogP contribution in [0, 0.1) is 12.8 Å². The normalized spacial score (nSPS) is 14.8. The number of nitrogens with zero attached hydrogens (tertiary/aromatic N) is 2. The Morgan fingerprint density at radius 2 is 2.06 bits per heavy atom. The molecular formula is C22H31N5O3S. The van der Waals surface area contributed by atoms with E-state index >= 15 is 0 Å². The Morgan fingerprint density at radius 3 is 2.81 bits per heavy atom. The molecule has 0 saturated carbocycles. The molecule has 3 N–H and O–H groups in total. The van der Waals surface area contributed by atoms with Gasteiger partial charge in [0.2, 0.25) is 5.88 Å². The summed E-state index contributed by atoms with van der Waals surface area (Å²) in [7, 11) is 3.75. The van der Waals surface area contributed by atoms with E-state index in [9.17, 15) is 9.59 Å². The van der Waals surface area contributed by atoms with Gasteiger partial charge in [-0.15, -0.1) is 0 Å². The van der Waals surface area contributed by atoms with Crippen molar-refractivity contribution in [1.29, 1.82) is 0 Å². The van der Waals surface area contributed by atoms with Crippen LogP contribution in [0.2, 0.25) is 0 Å². The summed E-state index contributed by atoms with van der Waals surface area (Å²) in [5, 5.41) is 9.09. The Kier molecular flexibility index (Phi) is 8.25. The SMILES string of the molecule is CNC(=O)c1cccc(COc2nsc(NC(=O)NCCC3CCN(C)CC3)c2C)c1. The summed E-state index contributed by atoms with van der Waals surface area (Å²) >= 11 is 1.20. The van der Waals surface area contributed by atoms with Gasteiger partial charge in [0.15, 0.2) is 0 Å². The second-order valence-electron chi connectivity index (χ2n) is 7.93. The third-order valence-corrected chi connectivity index (χ3v) is 6.42. The molecule has 1 aliphatic heterocycles. The largest absolute Gasteiger partial charge is 0.472 e. The molecule has 3 rings (SSSR count). The number of benzene rings is 1. The Labute approximate surface area is 187 Å². The zero-order valence-electron chi connectivity index (χ0n) is 18.4. The number of anilines is 1. The number of carbonyl (C=O) groups is 2. The summed E-state index contributed by atoms with van der Waals surface area (Å²) in [6.45, 7) is 5.10. The second-order valence-corrected chi connectivity index (χ2v) is 8.70. The highest BCUT2D eigenvalue weighted by atomic mass is 32.1. The van der Waals surface area contributed by atoms with Crippen molar-refractivity contribution < 1.29 is 14.3 Å². The summed E-state index contributed by atoms with van der Waals surface area (Å²) in [5.74, 6) is 1.03. The number of carbonyl (C=O) groups excluding carboxylic acids is 2. The number of urea groups is 1. The maximum Gasteiger partial charge on any atom is 0.319 e. The van der Waals surface area contributed by atoms with Gasteiger partial charge in [0.25, 0.3) is 5.91 Å². The molecule has 1 aliphatic rings. The van der Waals surface area contributed by atoms with Crippen molar-refractivity contribution in [2.24, 2.45) is 5.92 Å². The lowest BCUT2D eigenvalue weighted by molar-refractivity contribution is 0.0963. The minimum absolute atomic E-state index is 0.139. The van der Waals surface area contributed by atoms with Crippen LogP contribution in [0.25, 0.3) is 0 Å². The molecule has 0 atom stereocenters. The number of hydrogen-bond acceptors (Lipinski definition) is 6. The van der Waals surface area contributed by atoms with Crippen molar-refractivity contribution in [3.8, 4) is 5.88 Å². The summed E-state index contributed by atoms with van der Waals surface area (Å²) in [6.07, 6.45) is 3.40. The molecule has 1 fully saturated rings. The maximum absolute atomic E-state index is 12.2. The van der Waals surface area contributed by atoms with E-state index in [1.807, 2.05) is 19.1 Å². The molecule has 2 aromatic rings. The third kappa shape index (κ3) is 6.67. The monoisotopic (exact) mass is 445 g/mol. The smallest absolute Gasteiger partial charge is 0.319 e. The lowest BCUT2D eigenvalue weighted by Crippen LogP contribution is -2.34. The number of hydrogen-bond donors (Lipinski definition) is 3. The Hall–Kier alpha value is -2.65. The van der Waals surface area contributed by atoms with Crippen LogP contribution in [0.5, 0.6) is 5.88 Å². The van der Waals surface area contributed by atoms with E-state index in [0.717, 1.165) is 30.6 Å². The summed E-state index contributed by atoms with van der Waals surface area (Å²) in [4.78, 5) is 26.4. The van der Waals surface area contributed by atoms with Crippen molar-refractivity contribution in [3.05, 3.63) is 41.0 Å². The molecule has 3 amide bonds. The van der Waals surface area contributed by atoms with Crippen LogP contribution in [0.3, 0.4) is 0 Å². The maximum atomic E-state index is 12.2. The number of likely N-dealkylation sites (tertiary alicyclic amines) is 1. The first-order valence-electron chi connectivity index (χ1n) is 10.6. The topological polar surface area (TPSA) is 95.6 Å². The second kappa shape index (κ2) is 11.1. The number of amides is 3. The Bertz CT molecular complexity index is 893. The Morgan fingerprint density at radius 1 is 1.29 bits per heavy atom. The van der Waals surface area contributed by atoms with Gasteiger partial charge in [-0.2, -0.15) is 4.37 Å².